The Bertz CT molecular complexity index is 942. The third kappa shape index (κ3) is 5.01. The Kier molecular flexibility index (Phi) is 6.70. The maximum atomic E-state index is 5.93. The average Bonchev–Trinajstić information content (AvgIpc) is 3.16. The summed E-state index contributed by atoms with van der Waals surface area (Å²) in [5.41, 5.74) is 3.80. The first-order valence-corrected chi connectivity index (χ1v) is 9.68. The highest BCUT2D eigenvalue weighted by atomic mass is 16.5. The van der Waals surface area contributed by atoms with Crippen LogP contribution < -0.4 is 4.74 Å². The zero-order valence-electron chi connectivity index (χ0n) is 16.1. The summed E-state index contributed by atoms with van der Waals surface area (Å²) in [4.78, 5) is 0. The molecule has 0 aliphatic carbocycles. The van der Waals surface area contributed by atoms with E-state index < -0.39 is 0 Å². The van der Waals surface area contributed by atoms with Crippen molar-refractivity contribution in [3.63, 3.8) is 0 Å². The molecule has 0 fully saturated rings. The van der Waals surface area contributed by atoms with Gasteiger partial charge in [0.15, 0.2) is 0 Å². The fraction of sp³-hybridized carbons (Fsp3) is 0.200. The molecule has 27 heavy (non-hydrogen) atoms. The Labute approximate surface area is 162 Å². The third-order valence-electron chi connectivity index (χ3n) is 4.47. The summed E-state index contributed by atoms with van der Waals surface area (Å²) in [6.07, 6.45) is 3.20. The summed E-state index contributed by atoms with van der Waals surface area (Å²) >= 11 is 0. The van der Waals surface area contributed by atoms with Gasteiger partial charge in [-0.25, -0.2) is 0 Å². The summed E-state index contributed by atoms with van der Waals surface area (Å²) in [5.74, 6) is 0.914. The standard InChI is InChI=1S/C23H21NO.C2H6/c1-3-7-19(8-4-1)13-15-24-16-14-21-17-22(11-12-23(21)24)25-18-20-9-5-2-6-10-20;1-2/h1-12,14,16-17H,13,15,18H2;1-2H3. The van der Waals surface area contributed by atoms with E-state index in [0.717, 1.165) is 18.7 Å². The number of hydrogen-bond donors (Lipinski definition) is 0. The monoisotopic (exact) mass is 357 g/mol. The van der Waals surface area contributed by atoms with Crippen LogP contribution in [0.25, 0.3) is 10.9 Å². The predicted molar refractivity (Wildman–Crippen MR) is 114 cm³/mol. The van der Waals surface area contributed by atoms with Gasteiger partial charge in [-0.15, -0.1) is 0 Å². The zero-order chi connectivity index (χ0) is 18.9. The summed E-state index contributed by atoms with van der Waals surface area (Å²) in [5, 5.41) is 1.22. The van der Waals surface area contributed by atoms with Crippen LogP contribution in [-0.2, 0) is 19.6 Å². The molecule has 0 aliphatic heterocycles. The number of ether oxygens (including phenoxy) is 1. The molecular weight excluding hydrogens is 330 g/mol. The molecule has 1 aromatic heterocycles. The summed E-state index contributed by atoms with van der Waals surface area (Å²) < 4.78 is 8.24. The molecule has 0 radical (unpaired) electrons. The molecule has 138 valence electrons. The van der Waals surface area contributed by atoms with Gasteiger partial charge in [0.25, 0.3) is 0 Å². The molecule has 0 atom stereocenters. The van der Waals surface area contributed by atoms with E-state index in [2.05, 4.69) is 77.5 Å². The highest BCUT2D eigenvalue weighted by molar-refractivity contribution is 5.81. The minimum atomic E-state index is 0.598. The second-order valence-electron chi connectivity index (χ2n) is 6.24. The van der Waals surface area contributed by atoms with Crippen LogP contribution in [0.3, 0.4) is 0 Å². The highest BCUT2D eigenvalue weighted by Crippen LogP contribution is 2.23. The molecule has 0 saturated heterocycles. The Hall–Kier alpha value is -3.00. The lowest BCUT2D eigenvalue weighted by Crippen LogP contribution is -1.99. The van der Waals surface area contributed by atoms with Crippen LogP contribution in [0.15, 0.2) is 91.1 Å². The molecule has 3 aromatic carbocycles. The van der Waals surface area contributed by atoms with Gasteiger partial charge in [-0.05, 0) is 41.8 Å². The van der Waals surface area contributed by atoms with Crippen molar-refractivity contribution in [3.05, 3.63) is 102 Å². The van der Waals surface area contributed by atoms with E-state index in [1.165, 1.54) is 22.0 Å². The molecule has 1 heterocycles. The first-order chi connectivity index (χ1) is 13.4. The van der Waals surface area contributed by atoms with E-state index in [4.69, 9.17) is 4.74 Å². The quantitative estimate of drug-likeness (QED) is 0.385. The van der Waals surface area contributed by atoms with Gasteiger partial charge in [0.05, 0.1) is 0 Å². The van der Waals surface area contributed by atoms with Crippen molar-refractivity contribution < 1.29 is 4.74 Å². The SMILES string of the molecule is CC.c1ccc(CCn2ccc3cc(OCc4ccccc4)ccc32)cc1. The van der Waals surface area contributed by atoms with Crippen LogP contribution >= 0.6 is 0 Å². The predicted octanol–water partition coefficient (Wildman–Crippen LogP) is 6.49. The van der Waals surface area contributed by atoms with E-state index >= 15 is 0 Å². The van der Waals surface area contributed by atoms with Crippen molar-refractivity contribution in [1.29, 1.82) is 0 Å². The lowest BCUT2D eigenvalue weighted by atomic mass is 10.1. The van der Waals surface area contributed by atoms with E-state index in [1.54, 1.807) is 0 Å². The molecule has 4 aromatic rings. The van der Waals surface area contributed by atoms with Gasteiger partial charge in [0.1, 0.15) is 12.4 Å². The van der Waals surface area contributed by atoms with Crippen molar-refractivity contribution in [2.75, 3.05) is 0 Å². The molecule has 0 spiro atoms. The number of benzene rings is 3. The molecule has 0 bridgehead atoms. The van der Waals surface area contributed by atoms with Gasteiger partial charge >= 0.3 is 0 Å². The number of aryl methyl sites for hydroxylation is 2. The fourth-order valence-corrected chi connectivity index (χ4v) is 3.10. The van der Waals surface area contributed by atoms with Gasteiger partial charge in [0.2, 0.25) is 0 Å². The Balaban J connectivity index is 0.00000102. The largest absolute Gasteiger partial charge is 0.489 e. The smallest absolute Gasteiger partial charge is 0.120 e. The maximum Gasteiger partial charge on any atom is 0.120 e. The van der Waals surface area contributed by atoms with Gasteiger partial charge in [-0.2, -0.15) is 0 Å². The van der Waals surface area contributed by atoms with Crippen molar-refractivity contribution in [2.45, 2.75) is 33.4 Å². The number of rotatable bonds is 6. The van der Waals surface area contributed by atoms with Gasteiger partial charge in [0, 0.05) is 23.6 Å². The molecule has 2 nitrogen and oxygen atoms in total. The topological polar surface area (TPSA) is 14.2 Å². The van der Waals surface area contributed by atoms with Crippen molar-refractivity contribution in [3.8, 4) is 5.75 Å². The first-order valence-electron chi connectivity index (χ1n) is 9.68. The van der Waals surface area contributed by atoms with E-state index in [-0.39, 0.29) is 0 Å². The minimum Gasteiger partial charge on any atom is -0.489 e. The fourth-order valence-electron chi connectivity index (χ4n) is 3.10. The average molecular weight is 357 g/mol. The van der Waals surface area contributed by atoms with Crippen LogP contribution in [0.4, 0.5) is 0 Å². The number of nitrogens with zero attached hydrogens (tertiary/aromatic N) is 1. The summed E-state index contributed by atoms with van der Waals surface area (Å²) in [6.45, 7) is 5.58. The molecule has 0 saturated carbocycles. The Morgan fingerprint density at radius 2 is 1.41 bits per heavy atom. The summed E-state index contributed by atoms with van der Waals surface area (Å²) in [7, 11) is 0. The van der Waals surface area contributed by atoms with Crippen LogP contribution in [0, 0.1) is 0 Å². The number of aromatic nitrogens is 1. The lowest BCUT2D eigenvalue weighted by Gasteiger charge is -2.08. The summed E-state index contributed by atoms with van der Waals surface area (Å²) in [6, 6.07) is 29.4. The molecular formula is C25H27NO. The second-order valence-corrected chi connectivity index (χ2v) is 6.24. The van der Waals surface area contributed by atoms with E-state index in [0.29, 0.717) is 6.61 Å². The number of fused-ring (bicyclic) bond motifs is 1. The third-order valence-corrected chi connectivity index (χ3v) is 4.47. The Morgan fingerprint density at radius 1 is 0.741 bits per heavy atom. The van der Waals surface area contributed by atoms with Crippen LogP contribution in [0.1, 0.15) is 25.0 Å². The number of hydrogen-bond acceptors (Lipinski definition) is 1. The molecule has 2 heteroatoms. The first kappa shape index (κ1) is 18.8. The van der Waals surface area contributed by atoms with E-state index in [1.807, 2.05) is 32.0 Å². The maximum absolute atomic E-state index is 5.93. The molecule has 0 N–H and O–H groups in total. The lowest BCUT2D eigenvalue weighted by molar-refractivity contribution is 0.306. The molecule has 0 aliphatic rings. The van der Waals surface area contributed by atoms with Crippen LogP contribution in [0.5, 0.6) is 5.75 Å². The van der Waals surface area contributed by atoms with Gasteiger partial charge < -0.3 is 9.30 Å². The van der Waals surface area contributed by atoms with Gasteiger partial charge in [-0.3, -0.25) is 0 Å². The highest BCUT2D eigenvalue weighted by Gasteiger charge is 2.04. The van der Waals surface area contributed by atoms with E-state index in [9.17, 15) is 0 Å². The molecule has 0 amide bonds. The molecule has 4 rings (SSSR count). The Morgan fingerprint density at radius 3 is 2.11 bits per heavy atom. The zero-order valence-corrected chi connectivity index (χ0v) is 16.1. The van der Waals surface area contributed by atoms with Crippen LogP contribution in [0.2, 0.25) is 0 Å². The van der Waals surface area contributed by atoms with Gasteiger partial charge in [-0.1, -0.05) is 74.5 Å². The van der Waals surface area contributed by atoms with Crippen molar-refractivity contribution >= 4 is 10.9 Å². The normalized spacial score (nSPS) is 10.3. The van der Waals surface area contributed by atoms with Crippen molar-refractivity contribution in [2.24, 2.45) is 0 Å². The second kappa shape index (κ2) is 9.63. The molecule has 0 unspecified atom stereocenters. The minimum absolute atomic E-state index is 0.598. The van der Waals surface area contributed by atoms with Crippen LogP contribution in [-0.4, -0.2) is 4.57 Å². The van der Waals surface area contributed by atoms with Crippen molar-refractivity contribution in [1.82, 2.24) is 4.57 Å².